The number of hydrogen-bond acceptors (Lipinski definition) is 3. The number of rotatable bonds is 12. The zero-order valence-corrected chi connectivity index (χ0v) is 21.3. The lowest BCUT2D eigenvalue weighted by Crippen LogP contribution is -2.27. The minimum Gasteiger partial charge on any atom is -0.492 e. The van der Waals surface area contributed by atoms with Gasteiger partial charge in [-0.1, -0.05) is 70.2 Å². The van der Waals surface area contributed by atoms with E-state index in [9.17, 15) is 0 Å². The molecule has 0 bridgehead atoms. The molecular weight excluding hydrogens is 392 g/mol. The Kier molecular flexibility index (Phi) is 13.1. The van der Waals surface area contributed by atoms with Gasteiger partial charge < -0.3 is 10.1 Å². The van der Waals surface area contributed by atoms with Crippen molar-refractivity contribution in [2.75, 3.05) is 6.61 Å². The first-order chi connectivity index (χ1) is 15.5. The Morgan fingerprint density at radius 3 is 2.69 bits per heavy atom. The lowest BCUT2D eigenvalue weighted by atomic mass is 9.97. The molecule has 1 aromatic rings. The lowest BCUT2D eigenvalue weighted by molar-refractivity contribution is 0.218. The van der Waals surface area contributed by atoms with Crippen LogP contribution < -0.4 is 5.32 Å². The van der Waals surface area contributed by atoms with E-state index in [0.29, 0.717) is 11.8 Å². The number of benzene rings is 1. The van der Waals surface area contributed by atoms with Gasteiger partial charge in [0.05, 0.1) is 18.8 Å². The molecule has 0 heterocycles. The highest BCUT2D eigenvalue weighted by Crippen LogP contribution is 2.51. The first-order valence-corrected chi connectivity index (χ1v) is 12.2. The van der Waals surface area contributed by atoms with Gasteiger partial charge in [0, 0.05) is 17.8 Å². The summed E-state index contributed by atoms with van der Waals surface area (Å²) in [7, 11) is 0. The molecule has 2 rings (SSSR count). The number of unbranched alkanes of at least 4 members (excludes halogenated alkanes) is 1. The second kappa shape index (κ2) is 15.3. The van der Waals surface area contributed by atoms with Crippen molar-refractivity contribution in [3.63, 3.8) is 0 Å². The zero-order valence-electron chi connectivity index (χ0n) is 21.3. The van der Waals surface area contributed by atoms with Crippen molar-refractivity contribution in [2.45, 2.75) is 79.7 Å². The quantitative estimate of drug-likeness (QED) is 0.156. The van der Waals surface area contributed by atoms with Crippen LogP contribution in [0.1, 0.15) is 83.4 Å². The first-order valence-electron chi connectivity index (χ1n) is 12.2. The molecule has 1 N–H and O–H groups in total. The third-order valence-corrected chi connectivity index (χ3v) is 5.42. The fraction of sp³-hybridized carbons (Fsp3) is 0.483. The second-order valence-electron chi connectivity index (χ2n) is 8.00. The summed E-state index contributed by atoms with van der Waals surface area (Å²) in [6, 6.07) is 6.73. The van der Waals surface area contributed by atoms with E-state index in [2.05, 4.69) is 74.9 Å². The van der Waals surface area contributed by atoms with Crippen LogP contribution in [0.15, 0.2) is 65.7 Å². The van der Waals surface area contributed by atoms with Crippen LogP contribution in [0.2, 0.25) is 0 Å². The Morgan fingerprint density at radius 1 is 1.28 bits per heavy atom. The number of aliphatic imine (C=N–C) groups is 1. The number of allylic oxidation sites excluding steroid dienone is 4. The normalized spacial score (nSPS) is 19.2. The average molecular weight is 437 g/mol. The maximum atomic E-state index is 5.75. The average Bonchev–Trinajstić information content (AvgIpc) is 3.58. The van der Waals surface area contributed by atoms with Crippen LogP contribution in [-0.2, 0) is 4.74 Å². The molecule has 0 aliphatic heterocycles. The van der Waals surface area contributed by atoms with Gasteiger partial charge in [-0.3, -0.25) is 4.99 Å². The first kappa shape index (κ1) is 27.5. The minimum atomic E-state index is 0.118. The number of hydrogen-bond donors (Lipinski definition) is 1. The number of ether oxygens (including phenoxy) is 1. The Hall–Kier alpha value is -2.55. The van der Waals surface area contributed by atoms with Crippen LogP contribution in [0.3, 0.4) is 0 Å². The highest BCUT2D eigenvalue weighted by molar-refractivity contribution is 5.65. The van der Waals surface area contributed by atoms with Gasteiger partial charge in [-0.2, -0.15) is 0 Å². The third kappa shape index (κ3) is 8.90. The highest BCUT2D eigenvalue weighted by atomic mass is 16.5. The molecule has 0 saturated heterocycles. The van der Waals surface area contributed by atoms with Gasteiger partial charge in [-0.25, -0.2) is 0 Å². The molecule has 1 fully saturated rings. The van der Waals surface area contributed by atoms with Gasteiger partial charge in [0.1, 0.15) is 5.76 Å². The molecule has 3 atom stereocenters. The van der Waals surface area contributed by atoms with Crippen molar-refractivity contribution < 1.29 is 4.74 Å². The van der Waals surface area contributed by atoms with E-state index in [4.69, 9.17) is 4.74 Å². The molecule has 0 aromatic heterocycles. The van der Waals surface area contributed by atoms with Crippen LogP contribution in [0.4, 0.5) is 0 Å². The topological polar surface area (TPSA) is 33.6 Å². The monoisotopic (exact) mass is 436 g/mol. The summed E-state index contributed by atoms with van der Waals surface area (Å²) in [6.45, 7) is 19.6. The molecule has 176 valence electrons. The predicted molar refractivity (Wildman–Crippen MR) is 142 cm³/mol. The standard InChI is InChI=1S/C27H38N2O.C2H6/c1-7-10-16-30-24(13-9-3)19-28-18-20(4)29-22(6)26-17-27(26)25-15-11-14-23(12-8-2)21(25)5;1-2/h8-9,11-15,18-20,26-27,29H,6-7,10,16-17H2,1-5H3;1-2H3/b12-8-,13-9-,24-19+,28-18?;. The molecule has 0 spiro atoms. The van der Waals surface area contributed by atoms with Crippen LogP contribution >= 0.6 is 0 Å². The number of nitrogens with zero attached hydrogens (tertiary/aromatic N) is 1. The van der Waals surface area contributed by atoms with E-state index in [0.717, 1.165) is 37.3 Å². The fourth-order valence-corrected chi connectivity index (χ4v) is 3.67. The third-order valence-electron chi connectivity index (χ3n) is 5.42. The molecule has 3 nitrogen and oxygen atoms in total. The maximum Gasteiger partial charge on any atom is 0.137 e. The zero-order chi connectivity index (χ0) is 23.9. The summed E-state index contributed by atoms with van der Waals surface area (Å²) < 4.78 is 5.75. The van der Waals surface area contributed by atoms with Gasteiger partial charge in [0.15, 0.2) is 0 Å². The minimum absolute atomic E-state index is 0.118. The largest absolute Gasteiger partial charge is 0.492 e. The van der Waals surface area contributed by atoms with Crippen molar-refractivity contribution in [3.8, 4) is 0 Å². The van der Waals surface area contributed by atoms with Gasteiger partial charge in [0.2, 0.25) is 0 Å². The molecule has 0 amide bonds. The molecule has 1 aromatic carbocycles. The highest BCUT2D eigenvalue weighted by Gasteiger charge is 2.41. The van der Waals surface area contributed by atoms with E-state index in [1.54, 1.807) is 6.20 Å². The lowest BCUT2D eigenvalue weighted by Gasteiger charge is -2.14. The summed E-state index contributed by atoms with van der Waals surface area (Å²) in [5, 5.41) is 3.51. The Morgan fingerprint density at radius 2 is 2.03 bits per heavy atom. The predicted octanol–water partition coefficient (Wildman–Crippen LogP) is 7.95. The molecule has 1 saturated carbocycles. The van der Waals surface area contributed by atoms with Crippen LogP contribution in [-0.4, -0.2) is 18.9 Å². The SMILES string of the molecule is C=C(NC(C)C=N/C=C(\C=C/C)OCCCC)C1CC1c1cccc(/C=C\C)c1C.CC. The van der Waals surface area contributed by atoms with Crippen molar-refractivity contribution >= 4 is 12.3 Å². The Labute approximate surface area is 197 Å². The summed E-state index contributed by atoms with van der Waals surface area (Å²) in [6.07, 6.45) is 15.2. The molecule has 1 aliphatic carbocycles. The Balaban J connectivity index is 0.00000249. The molecule has 1 aliphatic rings. The van der Waals surface area contributed by atoms with Crippen LogP contribution in [0, 0.1) is 12.8 Å². The summed E-state index contributed by atoms with van der Waals surface area (Å²) in [4.78, 5) is 4.45. The fourth-order valence-electron chi connectivity index (χ4n) is 3.67. The smallest absolute Gasteiger partial charge is 0.137 e. The van der Waals surface area contributed by atoms with E-state index in [1.165, 1.54) is 16.7 Å². The Bertz CT molecular complexity index is 816. The van der Waals surface area contributed by atoms with Gasteiger partial charge in [0.25, 0.3) is 0 Å². The van der Waals surface area contributed by atoms with Crippen molar-refractivity contribution in [3.05, 3.63) is 77.4 Å². The summed E-state index contributed by atoms with van der Waals surface area (Å²) in [5.74, 6) is 1.85. The summed E-state index contributed by atoms with van der Waals surface area (Å²) in [5.41, 5.74) is 5.24. The van der Waals surface area contributed by atoms with E-state index < -0.39 is 0 Å². The van der Waals surface area contributed by atoms with Gasteiger partial charge in [-0.05, 0) is 69.2 Å². The van der Waals surface area contributed by atoms with Gasteiger partial charge in [-0.15, -0.1) is 0 Å². The summed E-state index contributed by atoms with van der Waals surface area (Å²) >= 11 is 0. The van der Waals surface area contributed by atoms with Crippen LogP contribution in [0.25, 0.3) is 6.08 Å². The van der Waals surface area contributed by atoms with Crippen molar-refractivity contribution in [1.29, 1.82) is 0 Å². The molecule has 3 unspecified atom stereocenters. The number of nitrogens with one attached hydrogen (secondary N) is 1. The molecule has 32 heavy (non-hydrogen) atoms. The maximum absolute atomic E-state index is 5.75. The van der Waals surface area contributed by atoms with Crippen LogP contribution in [0.5, 0.6) is 0 Å². The van der Waals surface area contributed by atoms with Gasteiger partial charge >= 0.3 is 0 Å². The molecule has 3 heteroatoms. The molecular formula is C29H44N2O. The molecule has 0 radical (unpaired) electrons. The van der Waals surface area contributed by atoms with Crippen molar-refractivity contribution in [1.82, 2.24) is 5.32 Å². The van der Waals surface area contributed by atoms with Crippen molar-refractivity contribution in [2.24, 2.45) is 10.9 Å². The van der Waals surface area contributed by atoms with E-state index >= 15 is 0 Å². The van der Waals surface area contributed by atoms with E-state index in [1.807, 2.05) is 39.1 Å². The van der Waals surface area contributed by atoms with E-state index in [-0.39, 0.29) is 6.04 Å². The second-order valence-corrected chi connectivity index (χ2v) is 8.00.